The van der Waals surface area contributed by atoms with E-state index in [1.807, 2.05) is 46.8 Å². The number of aromatic amines is 1. The maximum absolute atomic E-state index is 12.0. The van der Waals surface area contributed by atoms with Gasteiger partial charge in [0.05, 0.1) is 0 Å². The van der Waals surface area contributed by atoms with Crippen LogP contribution in [0.2, 0.25) is 0 Å². The molecule has 1 aromatic carbocycles. The van der Waals surface area contributed by atoms with E-state index in [4.69, 9.17) is 0 Å². The Morgan fingerprint density at radius 3 is 2.40 bits per heavy atom. The van der Waals surface area contributed by atoms with Crippen LogP contribution in [0, 0.1) is 13.8 Å². The molecule has 0 radical (unpaired) electrons. The predicted molar refractivity (Wildman–Crippen MR) is 80.6 cm³/mol. The number of nitrogens with zero attached hydrogens (tertiary/aromatic N) is 2. The molecule has 0 atom stereocenters. The zero-order valence-electron chi connectivity index (χ0n) is 12.5. The zero-order chi connectivity index (χ0) is 14.9. The number of benzene rings is 1. The standard InChI is InChI=1S/C15H20N4O/c1-9-6-7-11(10(2)8-9)16-14-17-13(20)12(18-19-14)15(3,4)5/h6-8H,1-5H3,(H2,16,17,19,20). The first-order valence-corrected chi connectivity index (χ1v) is 6.59. The molecule has 5 heteroatoms. The van der Waals surface area contributed by atoms with E-state index in [1.165, 1.54) is 5.56 Å². The Kier molecular flexibility index (Phi) is 3.61. The predicted octanol–water partition coefficient (Wildman–Crippen LogP) is 2.82. The van der Waals surface area contributed by atoms with Gasteiger partial charge in [-0.1, -0.05) is 38.5 Å². The fourth-order valence-corrected chi connectivity index (χ4v) is 1.97. The number of nitrogens with one attached hydrogen (secondary N) is 2. The summed E-state index contributed by atoms with van der Waals surface area (Å²) in [5.74, 6) is 0.356. The van der Waals surface area contributed by atoms with E-state index in [2.05, 4.69) is 26.6 Å². The Hall–Kier alpha value is -2.17. The molecule has 0 spiro atoms. The molecule has 0 saturated heterocycles. The second kappa shape index (κ2) is 5.07. The third-order valence-corrected chi connectivity index (χ3v) is 3.04. The molecule has 0 aliphatic heterocycles. The third kappa shape index (κ3) is 3.04. The molecule has 1 aromatic heterocycles. The molecule has 2 aromatic rings. The van der Waals surface area contributed by atoms with Gasteiger partial charge in [0.25, 0.3) is 5.56 Å². The Labute approximate surface area is 118 Å². The molecule has 0 fully saturated rings. The molecule has 2 rings (SSSR count). The fourth-order valence-electron chi connectivity index (χ4n) is 1.97. The molecule has 0 amide bonds. The van der Waals surface area contributed by atoms with Gasteiger partial charge in [0.15, 0.2) is 0 Å². The number of H-pyrrole nitrogens is 1. The fraction of sp³-hybridized carbons (Fsp3) is 0.400. The molecular weight excluding hydrogens is 252 g/mol. The van der Waals surface area contributed by atoms with E-state index in [1.54, 1.807) is 0 Å². The average Bonchev–Trinajstić information content (AvgIpc) is 2.31. The van der Waals surface area contributed by atoms with Crippen LogP contribution in [-0.2, 0) is 5.41 Å². The first kappa shape index (κ1) is 14.2. The molecule has 5 nitrogen and oxygen atoms in total. The summed E-state index contributed by atoms with van der Waals surface area (Å²) in [6.07, 6.45) is 0. The highest BCUT2D eigenvalue weighted by atomic mass is 16.1. The van der Waals surface area contributed by atoms with Gasteiger partial charge in [0.2, 0.25) is 5.95 Å². The molecule has 106 valence electrons. The van der Waals surface area contributed by atoms with Crippen LogP contribution in [0.25, 0.3) is 0 Å². The van der Waals surface area contributed by atoms with E-state index in [0.717, 1.165) is 11.3 Å². The van der Waals surface area contributed by atoms with Crippen LogP contribution in [0.1, 0.15) is 37.6 Å². The summed E-state index contributed by atoms with van der Waals surface area (Å²) in [5.41, 5.74) is 3.09. The minimum Gasteiger partial charge on any atom is -0.324 e. The van der Waals surface area contributed by atoms with Crippen molar-refractivity contribution in [3.05, 3.63) is 45.4 Å². The summed E-state index contributed by atoms with van der Waals surface area (Å²) in [7, 11) is 0. The van der Waals surface area contributed by atoms with Gasteiger partial charge in [-0.15, -0.1) is 10.2 Å². The number of aryl methyl sites for hydroxylation is 2. The highest BCUT2D eigenvalue weighted by Gasteiger charge is 2.20. The molecular formula is C15H20N4O. The summed E-state index contributed by atoms with van der Waals surface area (Å²) in [4.78, 5) is 14.8. The van der Waals surface area contributed by atoms with E-state index in [9.17, 15) is 4.79 Å². The molecule has 0 aliphatic carbocycles. The van der Waals surface area contributed by atoms with E-state index in [0.29, 0.717) is 11.6 Å². The summed E-state index contributed by atoms with van der Waals surface area (Å²) in [6, 6.07) is 6.03. The van der Waals surface area contributed by atoms with Crippen molar-refractivity contribution in [1.29, 1.82) is 0 Å². The second-order valence-electron chi connectivity index (χ2n) is 6.04. The maximum Gasteiger partial charge on any atom is 0.274 e. The minimum atomic E-state index is -0.321. The molecule has 2 N–H and O–H groups in total. The van der Waals surface area contributed by atoms with Crippen molar-refractivity contribution in [3.8, 4) is 0 Å². The van der Waals surface area contributed by atoms with Gasteiger partial charge in [0.1, 0.15) is 5.69 Å². The first-order valence-electron chi connectivity index (χ1n) is 6.59. The Balaban J connectivity index is 2.32. The lowest BCUT2D eigenvalue weighted by Crippen LogP contribution is -2.28. The van der Waals surface area contributed by atoms with Crippen molar-refractivity contribution >= 4 is 11.6 Å². The molecule has 0 unspecified atom stereocenters. The van der Waals surface area contributed by atoms with Crippen LogP contribution in [0.15, 0.2) is 23.0 Å². The zero-order valence-corrected chi connectivity index (χ0v) is 12.5. The monoisotopic (exact) mass is 272 g/mol. The van der Waals surface area contributed by atoms with Crippen molar-refractivity contribution in [3.63, 3.8) is 0 Å². The number of aromatic nitrogens is 3. The van der Waals surface area contributed by atoms with Gasteiger partial charge < -0.3 is 5.32 Å². The van der Waals surface area contributed by atoms with Gasteiger partial charge >= 0.3 is 0 Å². The SMILES string of the molecule is Cc1ccc(Nc2nnc(C(C)(C)C)c(=O)[nH]2)c(C)c1. The highest BCUT2D eigenvalue weighted by molar-refractivity contribution is 5.58. The summed E-state index contributed by atoms with van der Waals surface area (Å²) >= 11 is 0. The summed E-state index contributed by atoms with van der Waals surface area (Å²) in [5, 5.41) is 11.2. The van der Waals surface area contributed by atoms with Gasteiger partial charge in [-0.05, 0) is 25.5 Å². The average molecular weight is 272 g/mol. The van der Waals surface area contributed by atoms with E-state index >= 15 is 0 Å². The van der Waals surface area contributed by atoms with E-state index in [-0.39, 0.29) is 11.0 Å². The van der Waals surface area contributed by atoms with Gasteiger partial charge in [-0.3, -0.25) is 9.78 Å². The number of hydrogen-bond donors (Lipinski definition) is 2. The second-order valence-corrected chi connectivity index (χ2v) is 6.04. The number of anilines is 2. The third-order valence-electron chi connectivity index (χ3n) is 3.04. The molecule has 20 heavy (non-hydrogen) atoms. The van der Waals surface area contributed by atoms with E-state index < -0.39 is 0 Å². The van der Waals surface area contributed by atoms with Crippen molar-refractivity contribution in [2.24, 2.45) is 0 Å². The molecule has 0 aliphatic rings. The smallest absolute Gasteiger partial charge is 0.274 e. The van der Waals surface area contributed by atoms with Crippen molar-refractivity contribution in [2.45, 2.75) is 40.0 Å². The van der Waals surface area contributed by atoms with Crippen molar-refractivity contribution in [1.82, 2.24) is 15.2 Å². The molecule has 0 saturated carbocycles. The first-order chi connectivity index (χ1) is 9.27. The van der Waals surface area contributed by atoms with Gasteiger partial charge in [-0.2, -0.15) is 0 Å². The normalized spacial score (nSPS) is 11.4. The lowest BCUT2D eigenvalue weighted by Gasteiger charge is -2.16. The van der Waals surface area contributed by atoms with Crippen LogP contribution >= 0.6 is 0 Å². The minimum absolute atomic E-state index is 0.209. The maximum atomic E-state index is 12.0. The van der Waals surface area contributed by atoms with Crippen LogP contribution in [0.4, 0.5) is 11.6 Å². The van der Waals surface area contributed by atoms with Crippen molar-refractivity contribution < 1.29 is 0 Å². The van der Waals surface area contributed by atoms with Crippen LogP contribution in [0.5, 0.6) is 0 Å². The number of rotatable bonds is 2. The topological polar surface area (TPSA) is 70.7 Å². The lowest BCUT2D eigenvalue weighted by molar-refractivity contribution is 0.547. The Morgan fingerprint density at radius 2 is 1.85 bits per heavy atom. The molecule has 1 heterocycles. The lowest BCUT2D eigenvalue weighted by atomic mass is 9.93. The van der Waals surface area contributed by atoms with Crippen molar-refractivity contribution in [2.75, 3.05) is 5.32 Å². The summed E-state index contributed by atoms with van der Waals surface area (Å²) in [6.45, 7) is 9.84. The largest absolute Gasteiger partial charge is 0.324 e. The highest BCUT2D eigenvalue weighted by Crippen LogP contribution is 2.19. The van der Waals surface area contributed by atoms with Crippen LogP contribution < -0.4 is 10.9 Å². The van der Waals surface area contributed by atoms with Gasteiger partial charge in [-0.25, -0.2) is 0 Å². The quantitative estimate of drug-likeness (QED) is 0.882. The Morgan fingerprint density at radius 1 is 1.15 bits per heavy atom. The van der Waals surface area contributed by atoms with Crippen LogP contribution in [0.3, 0.4) is 0 Å². The molecule has 0 bridgehead atoms. The van der Waals surface area contributed by atoms with Crippen LogP contribution in [-0.4, -0.2) is 15.2 Å². The Bertz CT molecular complexity index is 683. The van der Waals surface area contributed by atoms with Gasteiger partial charge in [0, 0.05) is 11.1 Å². The number of hydrogen-bond acceptors (Lipinski definition) is 4. The summed E-state index contributed by atoms with van der Waals surface area (Å²) < 4.78 is 0.